The second-order valence-electron chi connectivity index (χ2n) is 2.78. The molecule has 0 saturated carbocycles. The van der Waals surface area contributed by atoms with E-state index in [0.29, 0.717) is 6.61 Å². The Morgan fingerprint density at radius 2 is 2.42 bits per heavy atom. The minimum atomic E-state index is -0.292. The molecule has 0 bridgehead atoms. The molecule has 0 aromatic carbocycles. The van der Waals surface area contributed by atoms with Gasteiger partial charge in [0.25, 0.3) is 0 Å². The van der Waals surface area contributed by atoms with Crippen LogP contribution < -0.4 is 0 Å². The Morgan fingerprint density at radius 1 is 1.58 bits per heavy atom. The summed E-state index contributed by atoms with van der Waals surface area (Å²) < 4.78 is 15.5. The molecule has 6 heteroatoms. The summed E-state index contributed by atoms with van der Waals surface area (Å²) in [6.45, 7) is 0.379. The lowest BCUT2D eigenvalue weighted by Gasteiger charge is -2.20. The van der Waals surface area contributed by atoms with Crippen LogP contribution in [0.1, 0.15) is 0 Å². The van der Waals surface area contributed by atoms with Crippen molar-refractivity contribution in [3.63, 3.8) is 0 Å². The molecule has 12 heavy (non-hydrogen) atoms. The molecule has 2 aliphatic heterocycles. The highest BCUT2D eigenvalue weighted by molar-refractivity contribution is 5.00. The molecule has 0 aliphatic carbocycles. The molecule has 0 amide bonds. The molecule has 6 nitrogen and oxygen atoms in total. The molecule has 2 heterocycles. The molecular formula is C6H9N3O3. The van der Waals surface area contributed by atoms with Crippen LogP contribution in [0.4, 0.5) is 0 Å². The molecule has 0 aromatic heterocycles. The highest BCUT2D eigenvalue weighted by atomic mass is 16.7. The summed E-state index contributed by atoms with van der Waals surface area (Å²) >= 11 is 0. The summed E-state index contributed by atoms with van der Waals surface area (Å²) in [6, 6.07) is -0.189. The first kappa shape index (κ1) is 7.82. The van der Waals surface area contributed by atoms with Crippen LogP contribution in [-0.4, -0.2) is 38.3 Å². The maximum absolute atomic E-state index is 8.19. The van der Waals surface area contributed by atoms with E-state index < -0.39 is 0 Å². The van der Waals surface area contributed by atoms with Crippen molar-refractivity contribution in [3.05, 3.63) is 10.4 Å². The van der Waals surface area contributed by atoms with E-state index in [1.807, 2.05) is 0 Å². The Labute approximate surface area is 69.0 Å². The zero-order valence-electron chi connectivity index (χ0n) is 6.58. The van der Waals surface area contributed by atoms with Crippen molar-refractivity contribution in [2.45, 2.75) is 24.5 Å². The van der Waals surface area contributed by atoms with E-state index >= 15 is 0 Å². The van der Waals surface area contributed by atoms with Crippen LogP contribution in [0.15, 0.2) is 5.11 Å². The Hall–Kier alpha value is -0.810. The zero-order chi connectivity index (χ0) is 8.55. The van der Waals surface area contributed by atoms with E-state index in [1.165, 1.54) is 0 Å². The van der Waals surface area contributed by atoms with Crippen LogP contribution in [0, 0.1) is 0 Å². The van der Waals surface area contributed by atoms with Crippen molar-refractivity contribution in [1.29, 1.82) is 0 Å². The summed E-state index contributed by atoms with van der Waals surface area (Å²) in [5.41, 5.74) is 8.19. The predicted octanol–water partition coefficient (Wildman–Crippen LogP) is 0.435. The molecule has 4 atom stereocenters. The van der Waals surface area contributed by atoms with Gasteiger partial charge < -0.3 is 14.2 Å². The Bertz CT molecular complexity index is 228. The van der Waals surface area contributed by atoms with Gasteiger partial charge >= 0.3 is 0 Å². The van der Waals surface area contributed by atoms with Gasteiger partial charge in [0.15, 0.2) is 6.29 Å². The van der Waals surface area contributed by atoms with E-state index in [9.17, 15) is 0 Å². The van der Waals surface area contributed by atoms with Gasteiger partial charge in [-0.15, -0.1) is 0 Å². The number of epoxide rings is 1. The second kappa shape index (κ2) is 2.91. The van der Waals surface area contributed by atoms with Crippen LogP contribution in [0.5, 0.6) is 0 Å². The standard InChI is InChI=1S/C6H9N3O3/c1-10-6-5-4(12-5)3(2-11-6)8-9-7/h3-6H,2H2,1H3/t3-,4+,5+,6-/m0/s1. The molecule has 0 N–H and O–H groups in total. The number of fused-ring (bicyclic) bond motifs is 1. The quantitative estimate of drug-likeness (QED) is 0.261. The molecule has 2 saturated heterocycles. The lowest BCUT2D eigenvalue weighted by atomic mass is 10.1. The number of ether oxygens (including phenoxy) is 3. The van der Waals surface area contributed by atoms with Crippen molar-refractivity contribution in [2.24, 2.45) is 5.11 Å². The minimum absolute atomic E-state index is 0.000370. The Morgan fingerprint density at radius 3 is 3.08 bits per heavy atom. The third kappa shape index (κ3) is 1.15. The Kier molecular flexibility index (Phi) is 1.90. The molecule has 2 rings (SSSR count). The van der Waals surface area contributed by atoms with Crippen molar-refractivity contribution >= 4 is 0 Å². The molecule has 0 spiro atoms. The van der Waals surface area contributed by atoms with Gasteiger partial charge in [-0.25, -0.2) is 0 Å². The summed E-state index contributed by atoms with van der Waals surface area (Å²) in [5.74, 6) is 0. The van der Waals surface area contributed by atoms with Gasteiger partial charge in [0.2, 0.25) is 0 Å². The van der Waals surface area contributed by atoms with E-state index in [-0.39, 0.29) is 24.5 Å². The smallest absolute Gasteiger partial charge is 0.185 e. The average Bonchev–Trinajstić information content (AvgIpc) is 2.85. The topological polar surface area (TPSA) is 79.8 Å². The van der Waals surface area contributed by atoms with Gasteiger partial charge in [0, 0.05) is 12.0 Å². The van der Waals surface area contributed by atoms with E-state index in [1.54, 1.807) is 7.11 Å². The van der Waals surface area contributed by atoms with Gasteiger partial charge in [-0.1, -0.05) is 5.11 Å². The highest BCUT2D eigenvalue weighted by Gasteiger charge is 2.54. The van der Waals surface area contributed by atoms with E-state index in [0.717, 1.165) is 0 Å². The van der Waals surface area contributed by atoms with Crippen molar-refractivity contribution < 1.29 is 14.2 Å². The summed E-state index contributed by atoms with van der Waals surface area (Å²) in [4.78, 5) is 2.71. The molecule has 66 valence electrons. The minimum Gasteiger partial charge on any atom is -0.364 e. The molecule has 0 aromatic rings. The zero-order valence-corrected chi connectivity index (χ0v) is 6.58. The fraction of sp³-hybridized carbons (Fsp3) is 1.00. The van der Waals surface area contributed by atoms with Gasteiger partial charge in [-0.3, -0.25) is 0 Å². The van der Waals surface area contributed by atoms with Crippen LogP contribution in [-0.2, 0) is 14.2 Å². The first-order valence-electron chi connectivity index (χ1n) is 3.71. The molecular weight excluding hydrogens is 162 g/mol. The largest absolute Gasteiger partial charge is 0.364 e. The number of nitrogens with zero attached hydrogens (tertiary/aromatic N) is 3. The van der Waals surface area contributed by atoms with Gasteiger partial charge in [0.1, 0.15) is 12.2 Å². The molecule has 0 unspecified atom stereocenters. The first-order valence-corrected chi connectivity index (χ1v) is 3.71. The number of hydrogen-bond acceptors (Lipinski definition) is 4. The second-order valence-corrected chi connectivity index (χ2v) is 2.78. The third-order valence-corrected chi connectivity index (χ3v) is 2.07. The fourth-order valence-electron chi connectivity index (χ4n) is 1.42. The van der Waals surface area contributed by atoms with Crippen LogP contribution in [0.3, 0.4) is 0 Å². The summed E-state index contributed by atoms with van der Waals surface area (Å²) in [6.07, 6.45) is -0.334. The fourth-order valence-corrected chi connectivity index (χ4v) is 1.42. The maximum atomic E-state index is 8.19. The summed E-state index contributed by atoms with van der Waals surface area (Å²) in [7, 11) is 1.57. The van der Waals surface area contributed by atoms with Crippen LogP contribution in [0.2, 0.25) is 0 Å². The Balaban J connectivity index is 1.98. The van der Waals surface area contributed by atoms with E-state index in [4.69, 9.17) is 19.7 Å². The average molecular weight is 171 g/mol. The van der Waals surface area contributed by atoms with E-state index in [2.05, 4.69) is 10.0 Å². The van der Waals surface area contributed by atoms with Crippen LogP contribution in [0.25, 0.3) is 10.4 Å². The number of methoxy groups -OCH3 is 1. The van der Waals surface area contributed by atoms with Crippen molar-refractivity contribution in [3.8, 4) is 0 Å². The highest BCUT2D eigenvalue weighted by Crippen LogP contribution is 2.36. The van der Waals surface area contributed by atoms with Gasteiger partial charge in [0.05, 0.1) is 12.6 Å². The normalized spacial score (nSPS) is 44.4. The van der Waals surface area contributed by atoms with Crippen molar-refractivity contribution in [2.75, 3.05) is 13.7 Å². The molecule has 0 radical (unpaired) electrons. The summed E-state index contributed by atoms with van der Waals surface area (Å²) in [5, 5.41) is 3.55. The lowest BCUT2D eigenvalue weighted by molar-refractivity contribution is -0.144. The van der Waals surface area contributed by atoms with Crippen molar-refractivity contribution in [1.82, 2.24) is 0 Å². The van der Waals surface area contributed by atoms with Crippen LogP contribution >= 0.6 is 0 Å². The number of hydrogen-bond donors (Lipinski definition) is 0. The monoisotopic (exact) mass is 171 g/mol. The lowest BCUT2D eigenvalue weighted by Crippen LogP contribution is -2.37. The van der Waals surface area contributed by atoms with Gasteiger partial charge in [-0.05, 0) is 5.53 Å². The number of azide groups is 1. The SMILES string of the molecule is CO[C@H]1OC[C@H](N=[N+]=[N-])[C@H]2O[C@@H]12. The predicted molar refractivity (Wildman–Crippen MR) is 38.3 cm³/mol. The maximum Gasteiger partial charge on any atom is 0.185 e. The number of rotatable bonds is 2. The first-order chi connectivity index (χ1) is 5.86. The van der Waals surface area contributed by atoms with Gasteiger partial charge in [-0.2, -0.15) is 0 Å². The molecule has 2 fully saturated rings. The third-order valence-electron chi connectivity index (χ3n) is 2.07. The molecule has 2 aliphatic rings.